The molecule has 4 heteroatoms. The molecule has 0 N–H and O–H groups in total. The van der Waals surface area contributed by atoms with Gasteiger partial charge in [-0.25, -0.2) is 0 Å². The number of aryl methyl sites for hydroxylation is 4. The van der Waals surface area contributed by atoms with Gasteiger partial charge in [0.15, 0.2) is 0 Å². The Morgan fingerprint density at radius 3 is 1.20 bits per heavy atom. The van der Waals surface area contributed by atoms with Crippen LogP contribution in [-0.2, 0) is 5.41 Å². The molecule has 16 rings (SSSR count). The third kappa shape index (κ3) is 4.46. The third-order valence-corrected chi connectivity index (χ3v) is 16.0. The normalized spacial score (nSPS) is 14.1. The molecule has 324 valence electrons. The summed E-state index contributed by atoms with van der Waals surface area (Å²) in [7, 11) is 0. The van der Waals surface area contributed by atoms with E-state index in [1.165, 1.54) is 77.9 Å². The Labute approximate surface area is 398 Å². The fraction of sp³-hybridized carbons (Fsp3) is 0.0769. The molecule has 0 saturated heterocycles. The van der Waals surface area contributed by atoms with Crippen LogP contribution in [0.5, 0.6) is 0 Å². The number of nitrogens with zero attached hydrogens (tertiary/aromatic N) is 2. The molecule has 4 heterocycles. The molecule has 10 aromatic carbocycles. The van der Waals surface area contributed by atoms with Gasteiger partial charge in [0, 0.05) is 44.4 Å². The lowest BCUT2D eigenvalue weighted by Crippen LogP contribution is -2.27. The SMILES string of the molecule is Cc1ccc2c(c1)N(c1ccccc1C)c1cc3c(c4oc5ccccc5c14)-c1c4cc(c5c1oc1ccccc15)N(c1ccccc1C)c1cc(C)ccc1-c1cccc5c1C34c1c-2cccc1-5. The number of rotatable bonds is 2. The van der Waals surface area contributed by atoms with Crippen LogP contribution < -0.4 is 9.80 Å². The maximum absolute atomic E-state index is 7.48. The first-order valence-electron chi connectivity index (χ1n) is 24.1. The number of para-hydroxylation sites is 4. The summed E-state index contributed by atoms with van der Waals surface area (Å²) < 4.78 is 15.0. The molecule has 0 unspecified atom stereocenters. The molecular formula is C65H42N2O2. The van der Waals surface area contributed by atoms with E-state index in [2.05, 4.69) is 219 Å². The van der Waals surface area contributed by atoms with Gasteiger partial charge < -0.3 is 18.6 Å². The Balaban J connectivity index is 1.24. The molecule has 12 aromatic rings. The van der Waals surface area contributed by atoms with E-state index in [9.17, 15) is 0 Å². The van der Waals surface area contributed by atoms with Crippen molar-refractivity contribution in [2.75, 3.05) is 9.80 Å². The molecule has 4 nitrogen and oxygen atoms in total. The van der Waals surface area contributed by atoms with Gasteiger partial charge in [0.25, 0.3) is 0 Å². The highest BCUT2D eigenvalue weighted by Crippen LogP contribution is 2.72. The van der Waals surface area contributed by atoms with Crippen LogP contribution in [0.3, 0.4) is 0 Å². The number of fused-ring (bicyclic) bond motifs is 7. The van der Waals surface area contributed by atoms with Crippen molar-refractivity contribution in [1.29, 1.82) is 0 Å². The first-order chi connectivity index (χ1) is 33.9. The maximum Gasteiger partial charge on any atom is 0.145 e. The minimum atomic E-state index is -0.819. The number of anilines is 6. The van der Waals surface area contributed by atoms with Crippen LogP contribution in [0, 0.1) is 27.7 Å². The topological polar surface area (TPSA) is 32.8 Å². The highest BCUT2D eigenvalue weighted by Gasteiger charge is 2.58. The lowest BCUT2D eigenvalue weighted by Gasteiger charge is -2.33. The molecule has 2 aliphatic heterocycles. The van der Waals surface area contributed by atoms with Gasteiger partial charge in [0.05, 0.1) is 38.9 Å². The summed E-state index contributed by atoms with van der Waals surface area (Å²) in [6, 6.07) is 68.3. The van der Waals surface area contributed by atoms with E-state index in [-0.39, 0.29) is 0 Å². The Morgan fingerprint density at radius 1 is 0.348 bits per heavy atom. The summed E-state index contributed by atoms with van der Waals surface area (Å²) in [5, 5.41) is 4.34. The Bertz CT molecular complexity index is 4060. The molecule has 0 radical (unpaired) electrons. The van der Waals surface area contributed by atoms with Crippen molar-refractivity contribution in [1.82, 2.24) is 0 Å². The molecule has 0 amide bonds. The van der Waals surface area contributed by atoms with Gasteiger partial charge >= 0.3 is 0 Å². The van der Waals surface area contributed by atoms with E-state index >= 15 is 0 Å². The van der Waals surface area contributed by atoms with Gasteiger partial charge in [-0.1, -0.05) is 133 Å². The molecule has 69 heavy (non-hydrogen) atoms. The van der Waals surface area contributed by atoms with E-state index < -0.39 is 5.41 Å². The van der Waals surface area contributed by atoms with Crippen molar-refractivity contribution < 1.29 is 8.83 Å². The first-order valence-corrected chi connectivity index (χ1v) is 24.1. The van der Waals surface area contributed by atoms with Crippen molar-refractivity contribution >= 4 is 78.0 Å². The van der Waals surface area contributed by atoms with Crippen molar-refractivity contribution in [2.45, 2.75) is 33.1 Å². The second kappa shape index (κ2) is 12.9. The monoisotopic (exact) mass is 882 g/mol. The van der Waals surface area contributed by atoms with E-state index in [1.54, 1.807) is 0 Å². The van der Waals surface area contributed by atoms with Crippen LogP contribution >= 0.6 is 0 Å². The summed E-state index contributed by atoms with van der Waals surface area (Å²) in [4.78, 5) is 5.09. The second-order valence-electron chi connectivity index (χ2n) is 19.7. The number of hydrogen-bond acceptors (Lipinski definition) is 4. The van der Waals surface area contributed by atoms with Crippen molar-refractivity contribution in [3.63, 3.8) is 0 Å². The molecule has 2 aliphatic carbocycles. The molecule has 4 aliphatic rings. The number of furan rings is 2. The van der Waals surface area contributed by atoms with Gasteiger partial charge in [-0.2, -0.15) is 0 Å². The Kier molecular flexibility index (Phi) is 7.00. The van der Waals surface area contributed by atoms with E-state index in [4.69, 9.17) is 8.83 Å². The summed E-state index contributed by atoms with van der Waals surface area (Å²) in [6.45, 7) is 8.91. The molecule has 0 atom stereocenters. The molecule has 1 spiro atoms. The molecule has 0 fully saturated rings. The average molecular weight is 883 g/mol. The zero-order valence-electron chi connectivity index (χ0n) is 38.5. The number of hydrogen-bond donors (Lipinski definition) is 0. The summed E-state index contributed by atoms with van der Waals surface area (Å²) in [5.74, 6) is 0. The lowest BCUT2D eigenvalue weighted by atomic mass is 9.67. The van der Waals surface area contributed by atoms with E-state index in [0.29, 0.717) is 0 Å². The highest BCUT2D eigenvalue weighted by molar-refractivity contribution is 6.27. The fourth-order valence-corrected chi connectivity index (χ4v) is 13.3. The summed E-state index contributed by atoms with van der Waals surface area (Å²) in [6.07, 6.45) is 0. The second-order valence-corrected chi connectivity index (χ2v) is 19.7. The van der Waals surface area contributed by atoms with E-state index in [1.807, 2.05) is 0 Å². The zero-order chi connectivity index (χ0) is 45.6. The van der Waals surface area contributed by atoms with Gasteiger partial charge in [-0.3, -0.25) is 0 Å². The minimum Gasteiger partial charge on any atom is -0.455 e. The van der Waals surface area contributed by atoms with E-state index in [0.717, 1.165) is 89.1 Å². The van der Waals surface area contributed by atoms with Crippen LogP contribution in [-0.4, -0.2) is 0 Å². The Hall–Kier alpha value is -8.60. The highest BCUT2D eigenvalue weighted by atomic mass is 16.3. The van der Waals surface area contributed by atoms with Gasteiger partial charge in [0.2, 0.25) is 0 Å². The third-order valence-electron chi connectivity index (χ3n) is 16.0. The largest absolute Gasteiger partial charge is 0.455 e. The van der Waals surface area contributed by atoms with Crippen LogP contribution in [0.4, 0.5) is 34.1 Å². The fourth-order valence-electron chi connectivity index (χ4n) is 13.3. The van der Waals surface area contributed by atoms with Gasteiger partial charge in [-0.05, 0) is 143 Å². The molecule has 7 bridgehead atoms. The van der Waals surface area contributed by atoms with Crippen LogP contribution in [0.15, 0.2) is 191 Å². The lowest BCUT2D eigenvalue weighted by molar-refractivity contribution is 0.665. The van der Waals surface area contributed by atoms with Crippen LogP contribution in [0.25, 0.3) is 88.4 Å². The summed E-state index contributed by atoms with van der Waals surface area (Å²) in [5.41, 5.74) is 28.7. The first kappa shape index (κ1) is 37.5. The predicted molar refractivity (Wildman–Crippen MR) is 284 cm³/mol. The van der Waals surface area contributed by atoms with Gasteiger partial charge in [-0.15, -0.1) is 0 Å². The Morgan fingerprint density at radius 2 is 0.754 bits per heavy atom. The zero-order valence-corrected chi connectivity index (χ0v) is 38.5. The molecular weight excluding hydrogens is 841 g/mol. The quantitative estimate of drug-likeness (QED) is 0.173. The van der Waals surface area contributed by atoms with Gasteiger partial charge in [0.1, 0.15) is 22.3 Å². The number of benzene rings is 10. The standard InChI is InChI=1S/C65H42N2O2/c1-35-27-29-39-41-19-13-21-43-44-22-14-20-42-40-30-28-36(2)32-52(40)67(50-24-10-6-16-38(50)4)54-34-48-60(64-58(54)46-18-8-12-26-56(46)69-64)59-47(65(48,61(41)43)62(42)44)33-53(57-45-17-7-11-25-55(45)68-63(57)59)66(51(39)31-35)49-23-9-5-15-37(49)3/h5-34H,1-4H3. The summed E-state index contributed by atoms with van der Waals surface area (Å²) >= 11 is 0. The van der Waals surface area contributed by atoms with Crippen molar-refractivity contribution in [2.24, 2.45) is 0 Å². The molecule has 2 aromatic heterocycles. The predicted octanol–water partition coefficient (Wildman–Crippen LogP) is 18.0. The average Bonchev–Trinajstić information content (AvgIpc) is 4.11. The maximum atomic E-state index is 7.48. The van der Waals surface area contributed by atoms with Crippen LogP contribution in [0.1, 0.15) is 44.5 Å². The molecule has 0 saturated carbocycles. The van der Waals surface area contributed by atoms with Crippen molar-refractivity contribution in [3.8, 4) is 44.5 Å². The minimum absolute atomic E-state index is 0.819. The smallest absolute Gasteiger partial charge is 0.145 e. The van der Waals surface area contributed by atoms with Crippen LogP contribution in [0.2, 0.25) is 0 Å². The van der Waals surface area contributed by atoms with Crippen molar-refractivity contribution in [3.05, 3.63) is 226 Å².